The van der Waals surface area contributed by atoms with Crippen LogP contribution in [0.3, 0.4) is 0 Å². The van der Waals surface area contributed by atoms with E-state index in [0.29, 0.717) is 33.8 Å². The van der Waals surface area contributed by atoms with Crippen molar-refractivity contribution < 1.29 is 18.7 Å². The molecule has 0 amide bonds. The molecule has 0 saturated carbocycles. The topological polar surface area (TPSA) is 68.9 Å². The van der Waals surface area contributed by atoms with E-state index in [4.69, 9.17) is 9.15 Å². The molecule has 3 aromatic rings. The maximum absolute atomic E-state index is 13.4. The molecule has 30 heavy (non-hydrogen) atoms. The van der Waals surface area contributed by atoms with E-state index >= 15 is 0 Å². The molecule has 1 aliphatic carbocycles. The molecule has 0 spiro atoms. The van der Waals surface area contributed by atoms with E-state index in [1.165, 1.54) is 0 Å². The highest BCUT2D eigenvalue weighted by molar-refractivity contribution is 6.18. The first-order chi connectivity index (χ1) is 14.5. The summed E-state index contributed by atoms with van der Waals surface area (Å²) in [5.41, 5.74) is 3.17. The molecule has 0 radical (unpaired) electrons. The Bertz CT molecular complexity index is 1130. The molecule has 1 aromatic heterocycles. The third-order valence-electron chi connectivity index (χ3n) is 5.37. The number of rotatable bonds is 5. The van der Waals surface area contributed by atoms with Crippen molar-refractivity contribution in [1.29, 1.82) is 0 Å². The summed E-state index contributed by atoms with van der Waals surface area (Å²) in [5, 5.41) is 0. The van der Waals surface area contributed by atoms with Crippen LogP contribution >= 0.6 is 0 Å². The van der Waals surface area contributed by atoms with Gasteiger partial charge in [0.25, 0.3) is 0 Å². The Morgan fingerprint density at radius 3 is 2.50 bits per heavy atom. The zero-order valence-electron chi connectivity index (χ0n) is 17.2. The minimum Gasteiger partial charge on any atom is -0.462 e. The van der Waals surface area contributed by atoms with Gasteiger partial charge in [0.2, 0.25) is 0 Å². The number of ether oxygens (including phenoxy) is 1. The second-order valence-corrected chi connectivity index (χ2v) is 7.27. The lowest BCUT2D eigenvalue weighted by atomic mass is 9.80. The van der Waals surface area contributed by atoms with Crippen molar-refractivity contribution in [3.05, 3.63) is 82.6 Å². The van der Waals surface area contributed by atoms with Gasteiger partial charge in [0.15, 0.2) is 5.78 Å². The molecule has 1 aliphatic rings. The van der Waals surface area contributed by atoms with E-state index in [1.54, 1.807) is 26.1 Å². The van der Waals surface area contributed by atoms with Crippen LogP contribution in [0.2, 0.25) is 0 Å². The van der Waals surface area contributed by atoms with Gasteiger partial charge in [0.1, 0.15) is 17.1 Å². The van der Waals surface area contributed by atoms with E-state index < -0.39 is 11.9 Å². The molecular weight excluding hydrogens is 378 g/mol. The summed E-state index contributed by atoms with van der Waals surface area (Å²) in [6.45, 7) is 5.69. The maximum atomic E-state index is 13.4. The number of carbonyl (C=O) groups is 2. The van der Waals surface area contributed by atoms with Crippen LogP contribution in [0, 0.1) is 6.92 Å². The molecule has 2 aromatic carbocycles. The number of esters is 1. The van der Waals surface area contributed by atoms with Crippen LogP contribution in [-0.2, 0) is 4.74 Å². The third kappa shape index (κ3) is 3.36. The molecule has 0 fully saturated rings. The monoisotopic (exact) mass is 401 g/mol. The molecule has 4 rings (SSSR count). The Morgan fingerprint density at radius 2 is 1.80 bits per heavy atom. The molecule has 5 heteroatoms. The molecule has 0 bridgehead atoms. The maximum Gasteiger partial charge on any atom is 0.342 e. The van der Waals surface area contributed by atoms with Gasteiger partial charge in [0.05, 0.1) is 18.6 Å². The summed E-state index contributed by atoms with van der Waals surface area (Å²) in [6, 6.07) is 17.0. The van der Waals surface area contributed by atoms with Crippen LogP contribution in [0.4, 0.5) is 0 Å². The number of ketones is 1. The number of benzene rings is 2. The molecule has 0 unspecified atom stereocenters. The van der Waals surface area contributed by atoms with Gasteiger partial charge in [-0.05, 0) is 26.3 Å². The van der Waals surface area contributed by atoms with Crippen molar-refractivity contribution in [3.63, 3.8) is 0 Å². The fourth-order valence-electron chi connectivity index (χ4n) is 3.89. The third-order valence-corrected chi connectivity index (χ3v) is 5.37. The number of Topliss-reactive ketones (excluding diaryl/α,β-unsaturated/α-hetero) is 1. The van der Waals surface area contributed by atoms with E-state index in [-0.39, 0.29) is 18.4 Å². The van der Waals surface area contributed by atoms with Gasteiger partial charge in [-0.1, -0.05) is 54.6 Å². The van der Waals surface area contributed by atoms with Crippen LogP contribution in [0.5, 0.6) is 0 Å². The molecule has 0 N–H and O–H groups in total. The smallest absolute Gasteiger partial charge is 0.342 e. The quantitative estimate of drug-likeness (QED) is 0.416. The second-order valence-electron chi connectivity index (χ2n) is 7.27. The lowest BCUT2D eigenvalue weighted by Crippen LogP contribution is -2.22. The van der Waals surface area contributed by atoms with E-state index in [2.05, 4.69) is 4.99 Å². The normalized spacial score (nSPS) is 16.2. The van der Waals surface area contributed by atoms with Gasteiger partial charge in [-0.2, -0.15) is 0 Å². The van der Waals surface area contributed by atoms with E-state index in [1.807, 2.05) is 55.5 Å². The summed E-state index contributed by atoms with van der Waals surface area (Å²) in [4.78, 5) is 30.7. The minimum atomic E-state index is -0.710. The van der Waals surface area contributed by atoms with Gasteiger partial charge in [-0.3, -0.25) is 9.79 Å². The number of hydrogen-bond acceptors (Lipinski definition) is 5. The Hall–Kier alpha value is -3.47. The molecule has 5 nitrogen and oxygen atoms in total. The number of fused-ring (bicyclic) bond motifs is 3. The zero-order valence-corrected chi connectivity index (χ0v) is 17.2. The average molecular weight is 401 g/mol. The standard InChI is InChI=1S/C25H23NO4/c1-4-29-25(28)21-16(3)30-24-19-13-9-8-12-18(19)23(27)20(22(21)24)14-26-15(2)17-10-6-5-7-11-17/h5-15,20H,4H2,1-3H3/t15-,20+/m0/s1. The van der Waals surface area contributed by atoms with Crippen molar-refractivity contribution in [2.24, 2.45) is 4.99 Å². The first kappa shape index (κ1) is 19.8. The Balaban J connectivity index is 1.83. The summed E-state index contributed by atoms with van der Waals surface area (Å²) in [5.74, 6) is -0.319. The highest BCUT2D eigenvalue weighted by Crippen LogP contribution is 2.43. The van der Waals surface area contributed by atoms with Crippen LogP contribution in [0.25, 0.3) is 11.3 Å². The molecule has 2 atom stereocenters. The summed E-state index contributed by atoms with van der Waals surface area (Å²) in [6.07, 6.45) is 1.65. The average Bonchev–Trinajstić information content (AvgIpc) is 3.11. The van der Waals surface area contributed by atoms with Crippen LogP contribution in [0.1, 0.15) is 63.4 Å². The summed E-state index contributed by atoms with van der Waals surface area (Å²) >= 11 is 0. The molecule has 1 heterocycles. The van der Waals surface area contributed by atoms with E-state index in [0.717, 1.165) is 5.56 Å². The number of aliphatic imine (C=N–C) groups is 1. The van der Waals surface area contributed by atoms with Crippen molar-refractivity contribution in [1.82, 2.24) is 0 Å². The SMILES string of the molecule is CCOC(=O)c1c(C)oc2c1[C@@H](C=N[C@@H](C)c1ccccc1)C(=O)c1ccccc1-2. The number of aryl methyl sites for hydroxylation is 1. The van der Waals surface area contributed by atoms with Gasteiger partial charge in [-0.25, -0.2) is 4.79 Å². The first-order valence-corrected chi connectivity index (χ1v) is 10.0. The van der Waals surface area contributed by atoms with E-state index in [9.17, 15) is 9.59 Å². The summed E-state index contributed by atoms with van der Waals surface area (Å²) < 4.78 is 11.2. The van der Waals surface area contributed by atoms with Crippen molar-refractivity contribution >= 4 is 18.0 Å². The Kier molecular flexibility index (Phi) is 5.36. The van der Waals surface area contributed by atoms with Crippen LogP contribution < -0.4 is 0 Å². The van der Waals surface area contributed by atoms with Crippen molar-refractivity contribution in [2.45, 2.75) is 32.7 Å². The molecule has 0 aliphatic heterocycles. The largest absolute Gasteiger partial charge is 0.462 e. The fourth-order valence-corrected chi connectivity index (χ4v) is 3.89. The number of hydrogen-bond donors (Lipinski definition) is 0. The van der Waals surface area contributed by atoms with Crippen LogP contribution in [-0.4, -0.2) is 24.6 Å². The van der Waals surface area contributed by atoms with Gasteiger partial charge in [0, 0.05) is 22.9 Å². The van der Waals surface area contributed by atoms with Gasteiger partial charge >= 0.3 is 5.97 Å². The highest BCUT2D eigenvalue weighted by atomic mass is 16.5. The second kappa shape index (κ2) is 8.11. The predicted molar refractivity (Wildman–Crippen MR) is 115 cm³/mol. The molecule has 0 saturated heterocycles. The first-order valence-electron chi connectivity index (χ1n) is 10.0. The Morgan fingerprint density at radius 1 is 1.13 bits per heavy atom. The summed E-state index contributed by atoms with van der Waals surface area (Å²) in [7, 11) is 0. The Labute approximate surface area is 175 Å². The van der Waals surface area contributed by atoms with Crippen LogP contribution in [0.15, 0.2) is 64.0 Å². The highest BCUT2D eigenvalue weighted by Gasteiger charge is 2.39. The fraction of sp³-hybridized carbons (Fsp3) is 0.240. The van der Waals surface area contributed by atoms with Gasteiger partial charge in [-0.15, -0.1) is 0 Å². The zero-order chi connectivity index (χ0) is 21.3. The van der Waals surface area contributed by atoms with Gasteiger partial charge < -0.3 is 9.15 Å². The lowest BCUT2D eigenvalue weighted by molar-refractivity contribution is 0.0523. The lowest BCUT2D eigenvalue weighted by Gasteiger charge is -2.21. The van der Waals surface area contributed by atoms with Crippen molar-refractivity contribution in [3.8, 4) is 11.3 Å². The van der Waals surface area contributed by atoms with Crippen molar-refractivity contribution in [2.75, 3.05) is 6.61 Å². The molecular formula is C25H23NO4. The minimum absolute atomic E-state index is 0.103. The molecule has 152 valence electrons. The predicted octanol–water partition coefficient (Wildman–Crippen LogP) is 5.54. The number of carbonyl (C=O) groups excluding carboxylic acids is 2. The number of nitrogens with zero attached hydrogens (tertiary/aromatic N) is 1. The number of furan rings is 1.